The van der Waals surface area contributed by atoms with Crippen LogP contribution in [0.3, 0.4) is 0 Å². The van der Waals surface area contributed by atoms with Gasteiger partial charge in [0.2, 0.25) is 0 Å². The van der Waals surface area contributed by atoms with Crippen LogP contribution in [0, 0.1) is 11.3 Å². The van der Waals surface area contributed by atoms with Crippen molar-refractivity contribution in [3.8, 4) is 61.7 Å². The normalized spacial score (nSPS) is 11.6. The molecule has 7 aromatic rings. The predicted molar refractivity (Wildman–Crippen MR) is 159 cm³/mol. The highest BCUT2D eigenvalue weighted by atomic mass is 16.3. The standard InChI is InChI=1S/C37H21NO/c38-22-23-16-18-30-26-8-1-2-9-27(26)31-19-17-24(21-35(31)29-11-4-3-10-28(29)34(30)20-23)25-13-7-14-33-32-12-5-6-15-36(32)39-37(25)33/h1-21H. The van der Waals surface area contributed by atoms with Gasteiger partial charge in [-0.2, -0.15) is 5.26 Å². The largest absolute Gasteiger partial charge is 0.455 e. The van der Waals surface area contributed by atoms with Gasteiger partial charge in [0, 0.05) is 16.3 Å². The number of furan rings is 1. The zero-order valence-electron chi connectivity index (χ0n) is 21.0. The lowest BCUT2D eigenvalue weighted by Gasteiger charge is -2.23. The van der Waals surface area contributed by atoms with Crippen LogP contribution in [0.2, 0.25) is 0 Å². The molecule has 2 heteroatoms. The summed E-state index contributed by atoms with van der Waals surface area (Å²) in [6.07, 6.45) is 0. The van der Waals surface area contributed by atoms with E-state index in [0.717, 1.165) is 60.9 Å². The number of benzene rings is 6. The van der Waals surface area contributed by atoms with Crippen LogP contribution in [0.1, 0.15) is 5.56 Å². The molecule has 0 saturated heterocycles. The summed E-state index contributed by atoms with van der Waals surface area (Å²) in [6.45, 7) is 0. The molecule has 6 aromatic carbocycles. The molecule has 180 valence electrons. The first-order valence-corrected chi connectivity index (χ1v) is 13.1. The van der Waals surface area contributed by atoms with Crippen molar-refractivity contribution in [1.82, 2.24) is 0 Å². The maximum absolute atomic E-state index is 9.71. The number of hydrogen-bond acceptors (Lipinski definition) is 2. The van der Waals surface area contributed by atoms with Gasteiger partial charge >= 0.3 is 0 Å². The Balaban J connectivity index is 1.45. The molecule has 0 radical (unpaired) electrons. The van der Waals surface area contributed by atoms with E-state index in [0.29, 0.717) is 5.56 Å². The lowest BCUT2D eigenvalue weighted by Crippen LogP contribution is -1.98. The van der Waals surface area contributed by atoms with Crippen LogP contribution in [-0.2, 0) is 0 Å². The first-order valence-electron chi connectivity index (χ1n) is 13.1. The molecule has 0 N–H and O–H groups in total. The minimum atomic E-state index is 0.659. The van der Waals surface area contributed by atoms with Gasteiger partial charge in [0.15, 0.2) is 0 Å². The van der Waals surface area contributed by atoms with Gasteiger partial charge in [0.25, 0.3) is 0 Å². The SMILES string of the molecule is N#Cc1ccc2c(c1)-c1ccccc1-c1cc(-c3cccc4c3oc3ccccc34)ccc1-c1ccccc1-2. The smallest absolute Gasteiger partial charge is 0.143 e. The average molecular weight is 496 g/mol. The summed E-state index contributed by atoms with van der Waals surface area (Å²) in [6, 6.07) is 46.8. The second-order valence-corrected chi connectivity index (χ2v) is 10.0. The summed E-state index contributed by atoms with van der Waals surface area (Å²) in [5, 5.41) is 12.0. The molecule has 1 heterocycles. The second-order valence-electron chi connectivity index (χ2n) is 10.0. The molecular weight excluding hydrogens is 474 g/mol. The van der Waals surface area contributed by atoms with Crippen LogP contribution in [0.4, 0.5) is 0 Å². The molecule has 0 unspecified atom stereocenters. The van der Waals surface area contributed by atoms with Crippen molar-refractivity contribution in [1.29, 1.82) is 5.26 Å². The summed E-state index contributed by atoms with van der Waals surface area (Å²) in [5.74, 6) is 0. The quantitative estimate of drug-likeness (QED) is 0.227. The van der Waals surface area contributed by atoms with Crippen LogP contribution in [0.25, 0.3) is 77.6 Å². The van der Waals surface area contributed by atoms with Crippen LogP contribution in [-0.4, -0.2) is 0 Å². The number of nitriles is 1. The highest BCUT2D eigenvalue weighted by molar-refractivity contribution is 6.10. The molecule has 1 aliphatic rings. The predicted octanol–water partition coefficient (Wildman–Crippen LogP) is 10.1. The maximum atomic E-state index is 9.71. The van der Waals surface area contributed by atoms with E-state index >= 15 is 0 Å². The van der Waals surface area contributed by atoms with Crippen molar-refractivity contribution in [2.45, 2.75) is 0 Å². The number of hydrogen-bond donors (Lipinski definition) is 0. The van der Waals surface area contributed by atoms with E-state index in [4.69, 9.17) is 4.42 Å². The van der Waals surface area contributed by atoms with Crippen molar-refractivity contribution in [2.75, 3.05) is 0 Å². The molecule has 1 aromatic heterocycles. The summed E-state index contributed by atoms with van der Waals surface area (Å²) in [5.41, 5.74) is 13.8. The van der Waals surface area contributed by atoms with Gasteiger partial charge in [0.1, 0.15) is 11.2 Å². The fourth-order valence-corrected chi connectivity index (χ4v) is 6.12. The van der Waals surface area contributed by atoms with E-state index in [9.17, 15) is 5.26 Å². The molecule has 2 nitrogen and oxygen atoms in total. The molecule has 0 atom stereocenters. The average Bonchev–Trinajstić information content (AvgIpc) is 3.39. The Labute approximate surface area is 226 Å². The Kier molecular flexibility index (Phi) is 4.62. The molecule has 0 fully saturated rings. The van der Waals surface area contributed by atoms with Gasteiger partial charge in [-0.3, -0.25) is 0 Å². The van der Waals surface area contributed by atoms with Crippen molar-refractivity contribution in [3.05, 3.63) is 133 Å². The van der Waals surface area contributed by atoms with Gasteiger partial charge < -0.3 is 4.42 Å². The molecule has 0 saturated carbocycles. The third kappa shape index (κ3) is 3.21. The lowest BCUT2D eigenvalue weighted by molar-refractivity contribution is 0.670. The van der Waals surface area contributed by atoms with Crippen molar-refractivity contribution >= 4 is 21.9 Å². The van der Waals surface area contributed by atoms with Gasteiger partial charge in [-0.15, -0.1) is 0 Å². The number of rotatable bonds is 1. The Morgan fingerprint density at radius 2 is 0.974 bits per heavy atom. The molecule has 0 bridgehead atoms. The second kappa shape index (κ2) is 8.31. The van der Waals surface area contributed by atoms with Crippen molar-refractivity contribution in [3.63, 3.8) is 0 Å². The van der Waals surface area contributed by atoms with Crippen molar-refractivity contribution in [2.24, 2.45) is 0 Å². The highest BCUT2D eigenvalue weighted by Gasteiger charge is 2.23. The van der Waals surface area contributed by atoms with Crippen LogP contribution in [0.5, 0.6) is 0 Å². The summed E-state index contributed by atoms with van der Waals surface area (Å²) in [4.78, 5) is 0. The zero-order chi connectivity index (χ0) is 25.9. The molecule has 0 spiro atoms. The Bertz CT molecular complexity index is 2140. The summed E-state index contributed by atoms with van der Waals surface area (Å²) in [7, 11) is 0. The van der Waals surface area contributed by atoms with E-state index in [-0.39, 0.29) is 0 Å². The topological polar surface area (TPSA) is 36.9 Å². The molecule has 0 amide bonds. The fraction of sp³-hybridized carbons (Fsp3) is 0. The monoisotopic (exact) mass is 495 g/mol. The first kappa shape index (κ1) is 21.7. The van der Waals surface area contributed by atoms with Crippen LogP contribution < -0.4 is 0 Å². The maximum Gasteiger partial charge on any atom is 0.143 e. The Hall–Kier alpha value is -5.39. The van der Waals surface area contributed by atoms with Crippen LogP contribution >= 0.6 is 0 Å². The van der Waals surface area contributed by atoms with Crippen molar-refractivity contribution < 1.29 is 4.42 Å². The summed E-state index contributed by atoms with van der Waals surface area (Å²) >= 11 is 0. The Morgan fingerprint density at radius 1 is 0.436 bits per heavy atom. The third-order valence-corrected chi connectivity index (χ3v) is 7.90. The minimum absolute atomic E-state index is 0.659. The fourth-order valence-electron chi connectivity index (χ4n) is 6.12. The van der Waals surface area contributed by atoms with Gasteiger partial charge in [-0.1, -0.05) is 103 Å². The molecule has 39 heavy (non-hydrogen) atoms. The van der Waals surface area contributed by atoms with E-state index in [1.165, 1.54) is 16.7 Å². The van der Waals surface area contributed by atoms with E-state index in [1.807, 2.05) is 24.3 Å². The molecule has 8 rings (SSSR count). The van der Waals surface area contributed by atoms with E-state index in [2.05, 4.69) is 109 Å². The number of nitrogens with zero attached hydrogens (tertiary/aromatic N) is 1. The lowest BCUT2D eigenvalue weighted by atomic mass is 9.79. The van der Waals surface area contributed by atoms with Gasteiger partial charge in [-0.25, -0.2) is 0 Å². The number of para-hydroxylation sites is 2. The van der Waals surface area contributed by atoms with Crippen LogP contribution in [0.15, 0.2) is 132 Å². The third-order valence-electron chi connectivity index (χ3n) is 7.90. The zero-order valence-corrected chi connectivity index (χ0v) is 21.0. The minimum Gasteiger partial charge on any atom is -0.455 e. The van der Waals surface area contributed by atoms with E-state index in [1.54, 1.807) is 0 Å². The highest BCUT2D eigenvalue weighted by Crippen LogP contribution is 2.49. The van der Waals surface area contributed by atoms with Gasteiger partial charge in [-0.05, 0) is 74.3 Å². The Morgan fingerprint density at radius 3 is 1.69 bits per heavy atom. The summed E-state index contributed by atoms with van der Waals surface area (Å²) < 4.78 is 6.39. The van der Waals surface area contributed by atoms with Gasteiger partial charge in [0.05, 0.1) is 11.6 Å². The number of fused-ring (bicyclic) bond motifs is 11. The first-order chi connectivity index (χ1) is 19.3. The van der Waals surface area contributed by atoms with E-state index < -0.39 is 0 Å². The molecule has 0 aliphatic heterocycles. The molecule has 1 aliphatic carbocycles. The molecular formula is C37H21NO.